The van der Waals surface area contributed by atoms with E-state index in [1.807, 2.05) is 24.4 Å². The van der Waals surface area contributed by atoms with Crippen LogP contribution in [0.25, 0.3) is 11.0 Å². The van der Waals surface area contributed by atoms with Gasteiger partial charge in [0.05, 0.1) is 12.0 Å². The van der Waals surface area contributed by atoms with E-state index < -0.39 is 0 Å². The number of hydrogen-bond acceptors (Lipinski definition) is 7. The first kappa shape index (κ1) is 22.8. The maximum atomic E-state index is 6.13. The number of pyridine rings is 1. The van der Waals surface area contributed by atoms with Gasteiger partial charge in [0.2, 0.25) is 5.88 Å². The molecular weight excluding hydrogens is 438 g/mol. The van der Waals surface area contributed by atoms with Crippen molar-refractivity contribution in [2.75, 3.05) is 44.7 Å². The van der Waals surface area contributed by atoms with E-state index in [0.717, 1.165) is 68.0 Å². The number of benzene rings is 1. The third-order valence-electron chi connectivity index (χ3n) is 8.31. The Kier molecular flexibility index (Phi) is 6.61. The second-order valence-electron chi connectivity index (χ2n) is 10.7. The summed E-state index contributed by atoms with van der Waals surface area (Å²) < 4.78 is 11.7. The van der Waals surface area contributed by atoms with E-state index in [1.54, 1.807) is 0 Å². The SMILES string of the molecule is CN(Cc1ccc(OC[C@@H]2CC[C@@H]3CN(c4noc5ccccc45)CCN3C2)nc1)C1CCCC1. The van der Waals surface area contributed by atoms with Crippen molar-refractivity contribution < 1.29 is 9.26 Å². The molecule has 2 aliphatic heterocycles. The van der Waals surface area contributed by atoms with Gasteiger partial charge in [-0.05, 0) is 50.4 Å². The van der Waals surface area contributed by atoms with Crippen molar-refractivity contribution in [1.82, 2.24) is 19.9 Å². The van der Waals surface area contributed by atoms with Crippen molar-refractivity contribution in [3.63, 3.8) is 0 Å². The number of hydrogen-bond donors (Lipinski definition) is 0. The summed E-state index contributed by atoms with van der Waals surface area (Å²) in [5.41, 5.74) is 2.14. The number of piperidine rings is 1. The molecule has 2 aromatic heterocycles. The first-order chi connectivity index (χ1) is 17.2. The molecule has 0 unspecified atom stereocenters. The van der Waals surface area contributed by atoms with Gasteiger partial charge in [0.1, 0.15) is 0 Å². The van der Waals surface area contributed by atoms with Gasteiger partial charge in [0, 0.05) is 63.0 Å². The Labute approximate surface area is 208 Å². The summed E-state index contributed by atoms with van der Waals surface area (Å²) >= 11 is 0. The van der Waals surface area contributed by atoms with Gasteiger partial charge < -0.3 is 14.2 Å². The van der Waals surface area contributed by atoms with Crippen LogP contribution >= 0.6 is 0 Å². The molecule has 2 saturated heterocycles. The predicted molar refractivity (Wildman–Crippen MR) is 138 cm³/mol. The molecule has 1 aromatic carbocycles. The number of aromatic nitrogens is 2. The lowest BCUT2D eigenvalue weighted by atomic mass is 9.91. The highest BCUT2D eigenvalue weighted by Gasteiger charge is 2.34. The van der Waals surface area contributed by atoms with Crippen LogP contribution in [-0.4, -0.2) is 71.9 Å². The first-order valence-electron chi connectivity index (χ1n) is 13.3. The topological polar surface area (TPSA) is 57.9 Å². The minimum absolute atomic E-state index is 0.556. The van der Waals surface area contributed by atoms with Crippen LogP contribution in [0.2, 0.25) is 0 Å². The monoisotopic (exact) mass is 475 g/mol. The average Bonchev–Trinajstić information content (AvgIpc) is 3.59. The van der Waals surface area contributed by atoms with Crippen LogP contribution in [0.4, 0.5) is 5.82 Å². The average molecular weight is 476 g/mol. The number of fused-ring (bicyclic) bond motifs is 2. The fourth-order valence-electron chi connectivity index (χ4n) is 6.24. The van der Waals surface area contributed by atoms with Crippen LogP contribution in [0.1, 0.15) is 44.1 Å². The van der Waals surface area contributed by atoms with Crippen LogP contribution in [0.15, 0.2) is 47.1 Å². The van der Waals surface area contributed by atoms with Gasteiger partial charge in [0.25, 0.3) is 0 Å². The molecule has 1 aliphatic carbocycles. The largest absolute Gasteiger partial charge is 0.477 e. The molecule has 2 atom stereocenters. The van der Waals surface area contributed by atoms with Gasteiger partial charge in [-0.2, -0.15) is 0 Å². The molecule has 7 heteroatoms. The molecule has 0 amide bonds. The smallest absolute Gasteiger partial charge is 0.213 e. The molecule has 186 valence electrons. The zero-order chi connectivity index (χ0) is 23.6. The third-order valence-corrected chi connectivity index (χ3v) is 8.31. The molecule has 6 rings (SSSR count). The highest BCUT2D eigenvalue weighted by atomic mass is 16.5. The van der Waals surface area contributed by atoms with Gasteiger partial charge in [-0.3, -0.25) is 9.80 Å². The standard InChI is InChI=1S/C28H37N5O2/c1-31(23-6-2-3-7-23)17-21-11-13-27(29-16-21)34-20-22-10-12-24-19-33(15-14-32(24)18-22)28-25-8-4-5-9-26(25)35-30-28/h4-5,8-9,11,13,16,22-24H,2-3,6-7,10,12,14-15,17-20H2,1H3/t22-,24-/m1/s1. The molecule has 1 saturated carbocycles. The highest BCUT2D eigenvalue weighted by molar-refractivity contribution is 5.88. The minimum atomic E-state index is 0.556. The van der Waals surface area contributed by atoms with Gasteiger partial charge >= 0.3 is 0 Å². The Bertz CT molecular complexity index is 1110. The maximum absolute atomic E-state index is 6.13. The van der Waals surface area contributed by atoms with E-state index in [1.165, 1.54) is 44.1 Å². The second kappa shape index (κ2) is 10.2. The quantitative estimate of drug-likeness (QED) is 0.496. The van der Waals surface area contributed by atoms with Crippen LogP contribution in [0.5, 0.6) is 5.88 Å². The molecular formula is C28H37N5O2. The summed E-state index contributed by atoms with van der Waals surface area (Å²) in [5, 5.41) is 5.50. The molecule has 0 N–H and O–H groups in total. The van der Waals surface area contributed by atoms with E-state index in [4.69, 9.17) is 9.26 Å². The van der Waals surface area contributed by atoms with Crippen molar-refractivity contribution in [2.24, 2.45) is 5.92 Å². The lowest BCUT2D eigenvalue weighted by Gasteiger charge is -2.46. The fourth-order valence-corrected chi connectivity index (χ4v) is 6.24. The second-order valence-corrected chi connectivity index (χ2v) is 10.7. The minimum Gasteiger partial charge on any atom is -0.477 e. The van der Waals surface area contributed by atoms with Gasteiger partial charge in [-0.25, -0.2) is 4.98 Å². The van der Waals surface area contributed by atoms with Gasteiger partial charge in [-0.1, -0.05) is 36.2 Å². The van der Waals surface area contributed by atoms with Crippen molar-refractivity contribution in [3.05, 3.63) is 48.2 Å². The lowest BCUT2D eigenvalue weighted by Crippen LogP contribution is -2.57. The number of piperazine rings is 1. The Morgan fingerprint density at radius 2 is 1.91 bits per heavy atom. The summed E-state index contributed by atoms with van der Waals surface area (Å²) in [6.45, 7) is 5.88. The van der Waals surface area contributed by atoms with Crippen LogP contribution in [-0.2, 0) is 6.54 Å². The van der Waals surface area contributed by atoms with Crippen molar-refractivity contribution in [2.45, 2.75) is 57.2 Å². The summed E-state index contributed by atoms with van der Waals surface area (Å²) in [6, 6.07) is 13.7. The summed E-state index contributed by atoms with van der Waals surface area (Å²) in [6.07, 6.45) is 9.79. The van der Waals surface area contributed by atoms with Crippen LogP contribution < -0.4 is 9.64 Å². The molecule has 0 radical (unpaired) electrons. The summed E-state index contributed by atoms with van der Waals surface area (Å²) in [7, 11) is 2.24. The van der Waals surface area contributed by atoms with E-state index in [9.17, 15) is 0 Å². The molecule has 4 heterocycles. The molecule has 3 fully saturated rings. The number of ether oxygens (including phenoxy) is 1. The molecule has 7 nitrogen and oxygen atoms in total. The van der Waals surface area contributed by atoms with Crippen LogP contribution in [0.3, 0.4) is 0 Å². The number of anilines is 1. The van der Waals surface area contributed by atoms with Crippen molar-refractivity contribution in [1.29, 1.82) is 0 Å². The highest BCUT2D eigenvalue weighted by Crippen LogP contribution is 2.31. The lowest BCUT2D eigenvalue weighted by molar-refractivity contribution is 0.0716. The Morgan fingerprint density at radius 1 is 1.03 bits per heavy atom. The molecule has 3 aromatic rings. The maximum Gasteiger partial charge on any atom is 0.213 e. The van der Waals surface area contributed by atoms with E-state index in [-0.39, 0.29) is 0 Å². The Morgan fingerprint density at radius 3 is 2.77 bits per heavy atom. The normalized spacial score (nSPS) is 23.8. The van der Waals surface area contributed by atoms with E-state index >= 15 is 0 Å². The van der Waals surface area contributed by atoms with E-state index in [2.05, 4.69) is 50.1 Å². The van der Waals surface area contributed by atoms with Gasteiger partial charge in [-0.15, -0.1) is 0 Å². The van der Waals surface area contributed by atoms with Crippen molar-refractivity contribution >= 4 is 16.8 Å². The fraction of sp³-hybridized carbons (Fsp3) is 0.571. The molecule has 3 aliphatic rings. The van der Waals surface area contributed by atoms with E-state index in [0.29, 0.717) is 12.0 Å². The number of rotatable bonds is 7. The van der Waals surface area contributed by atoms with Gasteiger partial charge in [0.15, 0.2) is 11.4 Å². The zero-order valence-corrected chi connectivity index (χ0v) is 20.8. The Balaban J connectivity index is 0.980. The van der Waals surface area contributed by atoms with Crippen LogP contribution in [0, 0.1) is 5.92 Å². The zero-order valence-electron chi connectivity index (χ0n) is 20.8. The molecule has 0 bridgehead atoms. The number of para-hydroxylation sites is 1. The third kappa shape index (κ3) is 5.02. The predicted octanol–water partition coefficient (Wildman–Crippen LogP) is 4.58. The summed E-state index contributed by atoms with van der Waals surface area (Å²) in [4.78, 5) is 12.1. The van der Waals surface area contributed by atoms with Crippen molar-refractivity contribution in [3.8, 4) is 5.88 Å². The Hall–Kier alpha value is -2.64. The first-order valence-corrected chi connectivity index (χ1v) is 13.3. The summed E-state index contributed by atoms with van der Waals surface area (Å²) in [5.74, 6) is 2.30. The molecule has 35 heavy (non-hydrogen) atoms. The number of nitrogens with zero attached hydrogens (tertiary/aromatic N) is 5. The molecule has 0 spiro atoms.